The molecule has 1 N–H and O–H groups in total. The van der Waals surface area contributed by atoms with Gasteiger partial charge in [-0.1, -0.05) is 52.4 Å². The van der Waals surface area contributed by atoms with Crippen LogP contribution in [0.2, 0.25) is 0 Å². The Balaban J connectivity index is 2.26. The van der Waals surface area contributed by atoms with Gasteiger partial charge in [-0.05, 0) is 19.9 Å². The van der Waals surface area contributed by atoms with Crippen molar-refractivity contribution < 1.29 is 0 Å². The summed E-state index contributed by atoms with van der Waals surface area (Å²) in [6, 6.07) is 0.464. The number of aromatic nitrogens is 1. The van der Waals surface area contributed by atoms with Crippen molar-refractivity contribution in [3.63, 3.8) is 0 Å². The van der Waals surface area contributed by atoms with E-state index >= 15 is 0 Å². The Morgan fingerprint density at radius 2 is 1.89 bits per heavy atom. The van der Waals surface area contributed by atoms with E-state index in [1.54, 1.807) is 11.3 Å². The van der Waals surface area contributed by atoms with Crippen LogP contribution in [0.4, 0.5) is 0 Å². The van der Waals surface area contributed by atoms with Crippen LogP contribution in [0.25, 0.3) is 0 Å². The number of unbranched alkanes of at least 4 members (excludes halogenated alkanes) is 5. The van der Waals surface area contributed by atoms with Crippen molar-refractivity contribution in [3.05, 3.63) is 16.1 Å². The molecule has 0 spiro atoms. The Bertz CT molecular complexity index is 309. The van der Waals surface area contributed by atoms with Crippen LogP contribution in [-0.2, 0) is 0 Å². The van der Waals surface area contributed by atoms with Gasteiger partial charge in [0.05, 0.1) is 16.7 Å². The number of rotatable bonds is 10. The minimum Gasteiger partial charge on any atom is -0.309 e. The maximum Gasteiger partial charge on any atom is 0.0898 e. The highest BCUT2D eigenvalue weighted by Gasteiger charge is 2.12. The first-order valence-corrected chi connectivity index (χ1v) is 8.31. The van der Waals surface area contributed by atoms with E-state index in [4.69, 9.17) is 0 Å². The number of thiazole rings is 1. The molecule has 0 aliphatic rings. The summed E-state index contributed by atoms with van der Waals surface area (Å²) in [6.45, 7) is 7.55. The van der Waals surface area contributed by atoms with Crippen LogP contribution in [-0.4, -0.2) is 11.5 Å². The molecule has 1 aromatic heterocycles. The highest BCUT2D eigenvalue weighted by Crippen LogP contribution is 2.22. The topological polar surface area (TPSA) is 24.9 Å². The van der Waals surface area contributed by atoms with Crippen molar-refractivity contribution in [1.29, 1.82) is 0 Å². The molecule has 1 unspecified atom stereocenters. The van der Waals surface area contributed by atoms with Crippen LogP contribution in [0.5, 0.6) is 0 Å². The van der Waals surface area contributed by atoms with Gasteiger partial charge in [-0.2, -0.15) is 0 Å². The highest BCUT2D eigenvalue weighted by atomic mass is 32.1. The molecular formula is C15H28N2S. The van der Waals surface area contributed by atoms with E-state index < -0.39 is 0 Å². The molecule has 0 fully saturated rings. The zero-order valence-corrected chi connectivity index (χ0v) is 13.0. The maximum atomic E-state index is 4.61. The van der Waals surface area contributed by atoms with Gasteiger partial charge in [0, 0.05) is 5.38 Å². The van der Waals surface area contributed by atoms with Crippen molar-refractivity contribution in [2.45, 2.75) is 71.8 Å². The van der Waals surface area contributed by atoms with Gasteiger partial charge in [-0.25, -0.2) is 4.98 Å². The summed E-state index contributed by atoms with van der Waals surface area (Å²) >= 11 is 1.76. The fourth-order valence-electron chi connectivity index (χ4n) is 2.27. The second-order valence-electron chi connectivity index (χ2n) is 4.96. The molecule has 0 aromatic carbocycles. The average molecular weight is 268 g/mol. The van der Waals surface area contributed by atoms with Crippen LogP contribution in [0.3, 0.4) is 0 Å². The van der Waals surface area contributed by atoms with Crippen LogP contribution in [0.1, 0.15) is 75.5 Å². The van der Waals surface area contributed by atoms with E-state index in [2.05, 4.69) is 36.5 Å². The molecule has 0 amide bonds. The minimum absolute atomic E-state index is 0.464. The fraction of sp³-hybridized carbons (Fsp3) is 0.800. The first-order valence-electron chi connectivity index (χ1n) is 7.43. The summed E-state index contributed by atoms with van der Waals surface area (Å²) in [5.41, 5.74) is 1.24. The van der Waals surface area contributed by atoms with E-state index in [0.29, 0.717) is 6.04 Å². The zero-order valence-electron chi connectivity index (χ0n) is 12.2. The predicted molar refractivity (Wildman–Crippen MR) is 81.3 cm³/mol. The molecule has 1 aromatic rings. The number of hydrogen-bond donors (Lipinski definition) is 1. The standard InChI is InChI=1S/C15H28N2S/c1-4-6-7-8-9-10-11-14(16-5-2)15-12-18-13(3)17-15/h12,14,16H,4-11H2,1-3H3. The molecule has 0 radical (unpaired) electrons. The number of hydrogen-bond acceptors (Lipinski definition) is 3. The lowest BCUT2D eigenvalue weighted by Crippen LogP contribution is -2.21. The van der Waals surface area contributed by atoms with E-state index in [1.165, 1.54) is 55.6 Å². The molecule has 1 rings (SSSR count). The first-order chi connectivity index (χ1) is 8.77. The minimum atomic E-state index is 0.464. The predicted octanol–water partition coefficient (Wildman–Crippen LogP) is 4.85. The highest BCUT2D eigenvalue weighted by molar-refractivity contribution is 7.09. The van der Waals surface area contributed by atoms with Crippen molar-refractivity contribution >= 4 is 11.3 Å². The van der Waals surface area contributed by atoms with Gasteiger partial charge >= 0.3 is 0 Å². The second kappa shape index (κ2) is 9.51. The van der Waals surface area contributed by atoms with Gasteiger partial charge in [-0.15, -0.1) is 11.3 Å². The number of nitrogens with zero attached hydrogens (tertiary/aromatic N) is 1. The van der Waals surface area contributed by atoms with Crippen molar-refractivity contribution in [3.8, 4) is 0 Å². The van der Waals surface area contributed by atoms with E-state index in [1.807, 2.05) is 0 Å². The molecular weight excluding hydrogens is 240 g/mol. The largest absolute Gasteiger partial charge is 0.309 e. The first kappa shape index (κ1) is 15.6. The van der Waals surface area contributed by atoms with Crippen molar-refractivity contribution in [1.82, 2.24) is 10.3 Å². The smallest absolute Gasteiger partial charge is 0.0898 e. The van der Waals surface area contributed by atoms with E-state index in [9.17, 15) is 0 Å². The third-order valence-corrected chi connectivity index (χ3v) is 4.08. The van der Waals surface area contributed by atoms with Gasteiger partial charge in [-0.3, -0.25) is 0 Å². The third-order valence-electron chi connectivity index (χ3n) is 3.29. The van der Waals surface area contributed by atoms with Crippen LogP contribution in [0.15, 0.2) is 5.38 Å². The molecule has 2 nitrogen and oxygen atoms in total. The van der Waals surface area contributed by atoms with Crippen LogP contribution >= 0.6 is 11.3 Å². The lowest BCUT2D eigenvalue weighted by molar-refractivity contribution is 0.470. The van der Waals surface area contributed by atoms with Crippen molar-refractivity contribution in [2.24, 2.45) is 0 Å². The van der Waals surface area contributed by atoms with Gasteiger partial charge < -0.3 is 5.32 Å². The van der Waals surface area contributed by atoms with Gasteiger partial charge in [0.25, 0.3) is 0 Å². The summed E-state index contributed by atoms with van der Waals surface area (Å²) in [7, 11) is 0. The quantitative estimate of drug-likeness (QED) is 0.613. The molecule has 3 heteroatoms. The summed E-state index contributed by atoms with van der Waals surface area (Å²) in [6.07, 6.45) is 9.42. The summed E-state index contributed by atoms with van der Waals surface area (Å²) in [5.74, 6) is 0. The van der Waals surface area contributed by atoms with E-state index in [0.717, 1.165) is 6.54 Å². The van der Waals surface area contributed by atoms with Crippen LogP contribution in [0, 0.1) is 6.92 Å². The number of nitrogens with one attached hydrogen (secondary N) is 1. The molecule has 0 saturated carbocycles. The summed E-state index contributed by atoms with van der Waals surface area (Å²) in [4.78, 5) is 4.61. The van der Waals surface area contributed by atoms with Crippen LogP contribution < -0.4 is 5.32 Å². The van der Waals surface area contributed by atoms with Gasteiger partial charge in [0.15, 0.2) is 0 Å². The molecule has 1 atom stereocenters. The molecule has 1 heterocycles. The Morgan fingerprint density at radius 1 is 1.17 bits per heavy atom. The monoisotopic (exact) mass is 268 g/mol. The molecule has 0 aliphatic carbocycles. The Hall–Kier alpha value is -0.410. The Kier molecular flexibility index (Phi) is 8.27. The Morgan fingerprint density at radius 3 is 2.50 bits per heavy atom. The normalized spacial score (nSPS) is 12.8. The lowest BCUT2D eigenvalue weighted by atomic mass is 10.0. The SMILES string of the molecule is CCCCCCCCC(NCC)c1csc(C)n1. The third kappa shape index (κ3) is 5.96. The maximum absolute atomic E-state index is 4.61. The van der Waals surface area contributed by atoms with Gasteiger partial charge in [0.2, 0.25) is 0 Å². The average Bonchev–Trinajstić information content (AvgIpc) is 2.79. The second-order valence-corrected chi connectivity index (χ2v) is 6.02. The lowest BCUT2D eigenvalue weighted by Gasteiger charge is -2.15. The molecule has 0 saturated heterocycles. The Labute approximate surface area is 116 Å². The molecule has 0 aliphatic heterocycles. The molecule has 104 valence electrons. The van der Waals surface area contributed by atoms with E-state index in [-0.39, 0.29) is 0 Å². The zero-order chi connectivity index (χ0) is 13.2. The molecule has 0 bridgehead atoms. The van der Waals surface area contributed by atoms with Crippen molar-refractivity contribution in [2.75, 3.05) is 6.54 Å². The molecule has 18 heavy (non-hydrogen) atoms. The summed E-state index contributed by atoms with van der Waals surface area (Å²) < 4.78 is 0. The van der Waals surface area contributed by atoms with Gasteiger partial charge in [0.1, 0.15) is 0 Å². The number of aryl methyl sites for hydroxylation is 1. The summed E-state index contributed by atoms with van der Waals surface area (Å²) in [5, 5.41) is 6.94. The fourth-order valence-corrected chi connectivity index (χ4v) is 2.94.